The van der Waals surface area contributed by atoms with Crippen molar-refractivity contribution in [1.29, 1.82) is 0 Å². The van der Waals surface area contributed by atoms with Gasteiger partial charge < -0.3 is 0 Å². The fourth-order valence-corrected chi connectivity index (χ4v) is 23.4. The summed E-state index contributed by atoms with van der Waals surface area (Å²) in [5, 5.41) is 6.59. The van der Waals surface area contributed by atoms with Gasteiger partial charge in [0.15, 0.2) is 8.07 Å². The molecule has 3 heteroatoms. The summed E-state index contributed by atoms with van der Waals surface area (Å²) in [4.78, 5) is 0. The molecule has 0 bridgehead atoms. The Balaban J connectivity index is 1.54. The molecule has 6 aromatic carbocycles. The van der Waals surface area contributed by atoms with Gasteiger partial charge in [0.25, 0.3) is 0 Å². The van der Waals surface area contributed by atoms with Gasteiger partial charge in [0.05, 0.1) is 0 Å². The minimum Gasteiger partial charge on any atom is -0.0654 e. The number of benzene rings is 6. The van der Waals surface area contributed by atoms with Gasteiger partial charge in [0, 0.05) is 19.8 Å². The van der Waals surface area contributed by atoms with Crippen molar-refractivity contribution >= 4 is 60.7 Å². The average molecular weight is 1200 g/mol. The fraction of sp³-hybridized carbons (Fsp3) is 0.526. The van der Waals surface area contributed by atoms with E-state index in [4.69, 9.17) is 0 Å². The van der Waals surface area contributed by atoms with E-state index < -0.39 is 8.07 Å². The van der Waals surface area contributed by atoms with Crippen molar-refractivity contribution < 1.29 is 0 Å². The molecule has 0 saturated carbocycles. The molecule has 0 radical (unpaired) electrons. The summed E-state index contributed by atoms with van der Waals surface area (Å²) in [7, 11) is -3.40. The summed E-state index contributed by atoms with van der Waals surface area (Å²) < 4.78 is 2.43. The van der Waals surface area contributed by atoms with Gasteiger partial charge in [-0.1, -0.05) is 320 Å². The molecule has 0 saturated heterocycles. The van der Waals surface area contributed by atoms with Crippen LogP contribution in [0.3, 0.4) is 0 Å². The van der Waals surface area contributed by atoms with Crippen LogP contribution < -0.4 is 20.7 Å². The van der Waals surface area contributed by atoms with Gasteiger partial charge in [0.2, 0.25) is 0 Å². The maximum absolute atomic E-state index is 4.15. The second-order valence-electron chi connectivity index (χ2n) is 25.4. The first-order valence-corrected chi connectivity index (χ1v) is 36.0. The van der Waals surface area contributed by atoms with Crippen LogP contribution in [0.5, 0.6) is 0 Å². The number of hydrogen-bond acceptors (Lipinski definition) is 0. The van der Waals surface area contributed by atoms with Crippen LogP contribution >= 0.6 is 31.9 Å². The Bertz CT molecular complexity index is 2690. The predicted molar refractivity (Wildman–Crippen MR) is 358 cm³/mol. The van der Waals surface area contributed by atoms with Crippen molar-refractivity contribution in [3.05, 3.63) is 162 Å². The first-order valence-electron chi connectivity index (χ1n) is 32.4. The van der Waals surface area contributed by atoms with Crippen molar-refractivity contribution in [2.45, 2.75) is 260 Å². The predicted octanol–water partition coefficient (Wildman–Crippen LogP) is 22.0. The molecule has 0 N–H and O–H groups in total. The van der Waals surface area contributed by atoms with Crippen molar-refractivity contribution in [3.63, 3.8) is 0 Å². The molecule has 0 unspecified atom stereocenters. The summed E-state index contributed by atoms with van der Waals surface area (Å²) >= 11 is 8.30. The van der Waals surface area contributed by atoms with Crippen molar-refractivity contribution in [1.82, 2.24) is 0 Å². The molecule has 424 valence electrons. The number of rotatable bonds is 32. The van der Waals surface area contributed by atoms with Gasteiger partial charge in [-0.2, -0.15) is 0 Å². The van der Waals surface area contributed by atoms with E-state index >= 15 is 0 Å². The first-order chi connectivity index (χ1) is 38.3. The molecule has 2 aliphatic carbocycles. The second kappa shape index (κ2) is 28.7. The zero-order valence-corrected chi connectivity index (χ0v) is 55.5. The molecule has 0 aromatic heterocycles. The van der Waals surface area contributed by atoms with E-state index in [9.17, 15) is 0 Å². The third-order valence-corrected chi connectivity index (χ3v) is 25.9. The topological polar surface area (TPSA) is 0 Å². The van der Waals surface area contributed by atoms with E-state index in [1.54, 1.807) is 43.0 Å². The lowest BCUT2D eigenvalue weighted by Crippen LogP contribution is -2.79. The Morgan fingerprint density at radius 3 is 0.924 bits per heavy atom. The minimum absolute atomic E-state index is 0.127. The molecule has 79 heavy (non-hydrogen) atoms. The molecule has 0 aliphatic heterocycles. The number of aryl methyl sites for hydroxylation is 6. The van der Waals surface area contributed by atoms with E-state index in [0.29, 0.717) is 0 Å². The second-order valence-corrected chi connectivity index (χ2v) is 30.8. The molecular weight excluding hydrogens is 1100 g/mol. The van der Waals surface area contributed by atoms with E-state index in [1.165, 1.54) is 244 Å². The summed E-state index contributed by atoms with van der Waals surface area (Å²) in [5.74, 6) is 0. The maximum Gasteiger partial charge on any atom is 0.181 e. The first kappa shape index (κ1) is 61.6. The zero-order chi connectivity index (χ0) is 56.2. The number of unbranched alkanes of at least 4 members (excludes halogenated alkanes) is 20. The number of hydrogen-bond donors (Lipinski definition) is 0. The highest BCUT2D eigenvalue weighted by Crippen LogP contribution is 2.57. The summed E-state index contributed by atoms with van der Waals surface area (Å²) in [6.07, 6.45) is 36.2. The van der Waals surface area contributed by atoms with Crippen LogP contribution in [0.2, 0.25) is 0 Å². The highest BCUT2D eigenvalue weighted by Gasteiger charge is 2.56. The molecule has 0 spiro atoms. The minimum atomic E-state index is -3.40. The van der Waals surface area contributed by atoms with Gasteiger partial charge in [-0.15, -0.1) is 0 Å². The third kappa shape index (κ3) is 12.9. The fourth-order valence-electron chi connectivity index (χ4n) is 16.2. The molecule has 0 fully saturated rings. The molecule has 2 aliphatic rings. The summed E-state index contributed by atoms with van der Waals surface area (Å²) in [6.45, 7) is 24.2. The third-order valence-electron chi connectivity index (χ3n) is 19.4. The van der Waals surface area contributed by atoms with Gasteiger partial charge in [-0.05, 0) is 157 Å². The van der Waals surface area contributed by atoms with Crippen LogP contribution in [0, 0.1) is 41.5 Å². The van der Waals surface area contributed by atoms with Gasteiger partial charge in [0.1, 0.15) is 0 Å². The van der Waals surface area contributed by atoms with Crippen molar-refractivity contribution in [2.75, 3.05) is 0 Å². The largest absolute Gasteiger partial charge is 0.181 e. The van der Waals surface area contributed by atoms with Crippen molar-refractivity contribution in [2.24, 2.45) is 0 Å². The van der Waals surface area contributed by atoms with Crippen LogP contribution in [0.25, 0.3) is 22.3 Å². The Morgan fingerprint density at radius 2 is 0.620 bits per heavy atom. The molecule has 0 heterocycles. The molecule has 0 nitrogen and oxygen atoms in total. The number of fused-ring (bicyclic) bond motifs is 6. The maximum atomic E-state index is 4.15. The van der Waals surface area contributed by atoms with Crippen LogP contribution in [-0.4, -0.2) is 8.07 Å². The Labute approximate surface area is 500 Å². The van der Waals surface area contributed by atoms with Crippen LogP contribution in [0.15, 0.2) is 106 Å². The average Bonchev–Trinajstić information content (AvgIpc) is 2.89. The van der Waals surface area contributed by atoms with E-state index in [2.05, 4.69) is 198 Å². The molecule has 6 aromatic rings. The van der Waals surface area contributed by atoms with Crippen LogP contribution in [0.4, 0.5) is 0 Å². The molecule has 8 rings (SSSR count). The molecule has 0 amide bonds. The monoisotopic (exact) mass is 1200 g/mol. The van der Waals surface area contributed by atoms with E-state index in [0.717, 1.165) is 0 Å². The summed E-state index contributed by atoms with van der Waals surface area (Å²) in [6, 6.07) is 40.9. The van der Waals surface area contributed by atoms with Crippen LogP contribution in [0.1, 0.15) is 263 Å². The van der Waals surface area contributed by atoms with Gasteiger partial charge in [-0.3, -0.25) is 0 Å². The zero-order valence-electron chi connectivity index (χ0n) is 51.3. The van der Waals surface area contributed by atoms with E-state index in [-0.39, 0.29) is 10.8 Å². The quantitative estimate of drug-likeness (QED) is 0.0224. The lowest BCUT2D eigenvalue weighted by Gasteiger charge is -2.46. The Kier molecular flexibility index (Phi) is 22.3. The standard InChI is InChI=1S/C76H102Br2Si/c1-11-15-19-23-27-31-45-75(46-32-28-24-20-16-12-2)67-53-61(77)41-43-63(67)65-37-35-39-69(71(65)75)79(73-57(7)49-55(5)50-58(73)8,74-59(9)51-56(6)52-60(74)10)70-40-36-38-66-64-44-42-62(78)54-68(64)76(72(66)70,47-33-29-25-21-17-13-3)48-34-30-26-22-18-14-4/h35-44,49-54H,11-34,45-48H2,1-10H3. The smallest absolute Gasteiger partial charge is 0.0654 e. The lowest BCUT2D eigenvalue weighted by atomic mass is 9.70. The van der Waals surface area contributed by atoms with Crippen molar-refractivity contribution in [3.8, 4) is 22.3 Å². The molecular formula is C76H102Br2Si. The highest BCUT2D eigenvalue weighted by atomic mass is 79.9. The Hall–Kier alpha value is -3.50. The van der Waals surface area contributed by atoms with Gasteiger partial charge >= 0.3 is 0 Å². The summed E-state index contributed by atoms with van der Waals surface area (Å²) in [5.41, 5.74) is 20.8. The Morgan fingerprint density at radius 1 is 0.329 bits per heavy atom. The van der Waals surface area contributed by atoms with E-state index in [1.807, 2.05) is 0 Å². The lowest BCUT2D eigenvalue weighted by molar-refractivity contribution is 0.398. The molecule has 0 atom stereocenters. The highest BCUT2D eigenvalue weighted by molar-refractivity contribution is 9.10. The number of halogens is 2. The van der Waals surface area contributed by atoms with Crippen LogP contribution in [-0.2, 0) is 10.8 Å². The SMILES string of the molecule is CCCCCCCCC1(CCCCCCCC)c2cc(Br)ccc2-c2cccc([Si](c3cccc4c3C(CCCCCCCC)(CCCCCCCC)c3cc(Br)ccc3-4)(c3c(C)cc(C)cc3C)c3c(C)cc(C)cc3C)c21. The normalized spacial score (nSPS) is 13.9. The van der Waals surface area contributed by atoms with Gasteiger partial charge in [-0.25, -0.2) is 0 Å².